The number of hydrogen-bond donors (Lipinski definition) is 1. The molecular formula is C27H18ClN3O7S2. The number of halogens is 1. The molecule has 1 aliphatic heterocycles. The van der Waals surface area contributed by atoms with Gasteiger partial charge in [0.1, 0.15) is 9.97 Å². The number of anilines is 1. The quantitative estimate of drug-likeness (QED) is 0.101. The molecule has 0 aliphatic carbocycles. The van der Waals surface area contributed by atoms with Crippen LogP contribution < -0.4 is 4.90 Å². The number of thiazole rings is 1. The van der Waals surface area contributed by atoms with Crippen LogP contribution in [0.2, 0.25) is 5.02 Å². The lowest BCUT2D eigenvalue weighted by atomic mass is 9.95. The lowest BCUT2D eigenvalue weighted by Gasteiger charge is -2.23. The van der Waals surface area contributed by atoms with Crippen LogP contribution in [0.15, 0.2) is 93.7 Å². The first kappa shape index (κ1) is 27.2. The first-order valence-corrected chi connectivity index (χ1v) is 14.3. The molecule has 40 heavy (non-hydrogen) atoms. The first-order valence-electron chi connectivity index (χ1n) is 11.6. The Bertz CT molecular complexity index is 1800. The minimum atomic E-state index is -4.15. The molecule has 1 aliphatic rings. The third-order valence-electron chi connectivity index (χ3n) is 6.26. The number of nitrogens with zero attached hydrogens (tertiary/aromatic N) is 3. The summed E-state index contributed by atoms with van der Waals surface area (Å²) >= 11 is 6.62. The van der Waals surface area contributed by atoms with Crippen LogP contribution in [0.5, 0.6) is 0 Å². The highest BCUT2D eigenvalue weighted by atomic mass is 35.5. The second-order valence-corrected chi connectivity index (χ2v) is 12.4. The summed E-state index contributed by atoms with van der Waals surface area (Å²) in [6, 6.07) is 16.3. The summed E-state index contributed by atoms with van der Waals surface area (Å²) in [7, 11) is -4.15. The van der Waals surface area contributed by atoms with Crippen LogP contribution in [0.25, 0.3) is 5.76 Å². The summed E-state index contributed by atoms with van der Waals surface area (Å²) in [5, 5.41) is 22.4. The summed E-state index contributed by atoms with van der Waals surface area (Å²) in [6.07, 6.45) is 1.06. The molecule has 202 valence electrons. The Balaban J connectivity index is 1.62. The highest BCUT2D eigenvalue weighted by Crippen LogP contribution is 2.44. The van der Waals surface area contributed by atoms with E-state index >= 15 is 0 Å². The number of aliphatic hydroxyl groups is 1. The number of nitro groups is 1. The molecule has 3 aromatic carbocycles. The van der Waals surface area contributed by atoms with Crippen molar-refractivity contribution in [3.05, 3.63) is 116 Å². The lowest BCUT2D eigenvalue weighted by Crippen LogP contribution is -2.29. The number of nitro benzene ring substituents is 1. The Morgan fingerprint density at radius 3 is 2.25 bits per heavy atom. The van der Waals surface area contributed by atoms with Crippen molar-refractivity contribution >= 4 is 61.0 Å². The van der Waals surface area contributed by atoms with E-state index in [1.54, 1.807) is 24.3 Å². The Hall–Kier alpha value is -4.39. The molecule has 0 bridgehead atoms. The summed E-state index contributed by atoms with van der Waals surface area (Å²) in [6.45, 7) is 1.87. The molecule has 5 rings (SSSR count). The van der Waals surface area contributed by atoms with Crippen LogP contribution in [0.1, 0.15) is 22.7 Å². The van der Waals surface area contributed by atoms with Crippen LogP contribution >= 0.6 is 22.9 Å². The topological polar surface area (TPSA) is 148 Å². The van der Waals surface area contributed by atoms with E-state index in [-0.39, 0.29) is 31.1 Å². The number of hydrogen-bond acceptors (Lipinski definition) is 9. The average Bonchev–Trinajstić information content (AvgIpc) is 3.53. The fourth-order valence-corrected chi connectivity index (χ4v) is 6.88. The van der Waals surface area contributed by atoms with Gasteiger partial charge in [-0.2, -0.15) is 0 Å². The van der Waals surface area contributed by atoms with E-state index in [1.807, 2.05) is 6.92 Å². The van der Waals surface area contributed by atoms with Crippen LogP contribution in [0.4, 0.5) is 10.8 Å². The minimum Gasteiger partial charge on any atom is -0.507 e. The van der Waals surface area contributed by atoms with E-state index in [4.69, 9.17) is 11.6 Å². The van der Waals surface area contributed by atoms with Crippen molar-refractivity contribution in [2.45, 2.75) is 22.1 Å². The van der Waals surface area contributed by atoms with Crippen molar-refractivity contribution in [1.29, 1.82) is 0 Å². The number of aliphatic hydroxyl groups excluding tert-OH is 1. The normalized spacial score (nSPS) is 16.9. The molecule has 0 unspecified atom stereocenters. The zero-order valence-electron chi connectivity index (χ0n) is 20.5. The van der Waals surface area contributed by atoms with E-state index < -0.39 is 38.3 Å². The molecule has 1 aromatic heterocycles. The van der Waals surface area contributed by atoms with E-state index in [9.17, 15) is 33.2 Å². The van der Waals surface area contributed by atoms with Crippen LogP contribution in [-0.4, -0.2) is 35.1 Å². The lowest BCUT2D eigenvalue weighted by molar-refractivity contribution is -0.384. The van der Waals surface area contributed by atoms with Gasteiger partial charge >= 0.3 is 5.91 Å². The highest BCUT2D eigenvalue weighted by Gasteiger charge is 2.48. The van der Waals surface area contributed by atoms with Gasteiger partial charge in [0.2, 0.25) is 9.84 Å². The molecule has 1 N–H and O–H groups in total. The van der Waals surface area contributed by atoms with Gasteiger partial charge in [0.15, 0.2) is 5.13 Å². The fraction of sp³-hybridized carbons (Fsp3) is 0.0741. The van der Waals surface area contributed by atoms with Gasteiger partial charge < -0.3 is 5.11 Å². The first-order chi connectivity index (χ1) is 19.0. The standard InChI is InChI=1S/C27H18ClN3O7S2/c1-15-2-4-16(5-3-15)23-22(24(32)17-6-8-18(28)9-7-17)25(33)26(34)30(23)27-29-14-21(39-27)40(37,38)20-12-10-19(11-13-20)31(35)36/h2-14,23,32H,1H3/b24-22+/t23-/m1/s1. The summed E-state index contributed by atoms with van der Waals surface area (Å²) in [4.78, 5) is 42.0. The minimum absolute atomic E-state index is 0.0803. The van der Waals surface area contributed by atoms with Gasteiger partial charge in [0, 0.05) is 22.7 Å². The van der Waals surface area contributed by atoms with E-state index in [1.165, 1.54) is 24.3 Å². The molecule has 4 aromatic rings. The third-order valence-corrected chi connectivity index (χ3v) is 9.74. The number of aromatic nitrogens is 1. The Morgan fingerprint density at radius 1 is 1.02 bits per heavy atom. The number of Topliss-reactive ketones (excluding diaryl/α,β-unsaturated/α-hetero) is 1. The Kier molecular flexibility index (Phi) is 7.00. The molecule has 0 radical (unpaired) electrons. The predicted octanol–water partition coefficient (Wildman–Crippen LogP) is 5.47. The summed E-state index contributed by atoms with van der Waals surface area (Å²) in [5.41, 5.74) is 1.22. The molecule has 0 spiro atoms. The van der Waals surface area contributed by atoms with Gasteiger partial charge in [-0.1, -0.05) is 52.8 Å². The number of ketones is 1. The summed E-state index contributed by atoms with van der Waals surface area (Å²) in [5.74, 6) is -2.37. The number of benzene rings is 3. The van der Waals surface area contributed by atoms with Crippen LogP contribution in [-0.2, 0) is 19.4 Å². The molecule has 1 fully saturated rings. The molecule has 2 heterocycles. The maximum Gasteiger partial charge on any atom is 0.301 e. The number of non-ortho nitro benzene ring substituents is 1. The maximum absolute atomic E-state index is 13.4. The monoisotopic (exact) mass is 595 g/mol. The summed E-state index contributed by atoms with van der Waals surface area (Å²) < 4.78 is 26.2. The molecule has 0 saturated carbocycles. The third kappa shape index (κ3) is 4.76. The van der Waals surface area contributed by atoms with Gasteiger partial charge in [-0.3, -0.25) is 24.6 Å². The molecule has 13 heteroatoms. The predicted molar refractivity (Wildman–Crippen MR) is 148 cm³/mol. The van der Waals surface area contributed by atoms with Crippen molar-refractivity contribution in [1.82, 2.24) is 4.98 Å². The largest absolute Gasteiger partial charge is 0.507 e. The van der Waals surface area contributed by atoms with Gasteiger partial charge in [0.05, 0.1) is 27.6 Å². The number of sulfone groups is 1. The fourth-order valence-electron chi connectivity index (χ4n) is 4.21. The smallest absolute Gasteiger partial charge is 0.301 e. The van der Waals surface area contributed by atoms with Crippen LogP contribution in [0, 0.1) is 17.0 Å². The second-order valence-electron chi connectivity index (χ2n) is 8.80. The maximum atomic E-state index is 13.4. The van der Waals surface area contributed by atoms with E-state index in [0.29, 0.717) is 21.9 Å². The van der Waals surface area contributed by atoms with Crippen molar-refractivity contribution in [2.75, 3.05) is 4.90 Å². The van der Waals surface area contributed by atoms with Crippen molar-refractivity contribution in [3.63, 3.8) is 0 Å². The molecule has 10 nitrogen and oxygen atoms in total. The van der Waals surface area contributed by atoms with Crippen molar-refractivity contribution in [2.24, 2.45) is 0 Å². The van der Waals surface area contributed by atoms with Crippen molar-refractivity contribution in [3.8, 4) is 0 Å². The SMILES string of the molecule is Cc1ccc([C@@H]2/C(=C(\O)c3ccc(Cl)cc3)C(=O)C(=O)N2c2ncc(S(=O)(=O)c3ccc([N+](=O)[O-])cc3)s2)cc1. The Labute approximate surface area is 236 Å². The molecule has 1 saturated heterocycles. The number of carbonyl (C=O) groups is 2. The molecule has 1 amide bonds. The van der Waals surface area contributed by atoms with E-state index in [0.717, 1.165) is 40.9 Å². The van der Waals surface area contributed by atoms with Gasteiger partial charge in [-0.25, -0.2) is 13.4 Å². The zero-order valence-corrected chi connectivity index (χ0v) is 22.9. The number of aryl methyl sites for hydroxylation is 1. The Morgan fingerprint density at radius 2 is 1.65 bits per heavy atom. The van der Waals surface area contributed by atoms with Crippen molar-refractivity contribution < 1.29 is 28.0 Å². The number of rotatable bonds is 6. The number of amides is 1. The van der Waals surface area contributed by atoms with Crippen LogP contribution in [0.3, 0.4) is 0 Å². The van der Waals surface area contributed by atoms with Gasteiger partial charge in [0.25, 0.3) is 11.5 Å². The number of carbonyl (C=O) groups excluding carboxylic acids is 2. The molecule has 1 atom stereocenters. The molecular weight excluding hydrogens is 578 g/mol. The second kappa shape index (κ2) is 10.3. The van der Waals surface area contributed by atoms with E-state index in [2.05, 4.69) is 4.98 Å². The zero-order chi connectivity index (χ0) is 28.8. The highest BCUT2D eigenvalue weighted by molar-refractivity contribution is 7.93. The van der Waals surface area contributed by atoms with Gasteiger partial charge in [-0.05, 0) is 48.9 Å². The average molecular weight is 596 g/mol. The van der Waals surface area contributed by atoms with Gasteiger partial charge in [-0.15, -0.1) is 0 Å².